The van der Waals surface area contributed by atoms with Gasteiger partial charge >= 0.3 is 6.03 Å². The summed E-state index contributed by atoms with van der Waals surface area (Å²) in [5.74, 6) is 2.98. The van der Waals surface area contributed by atoms with E-state index in [2.05, 4.69) is 59.8 Å². The van der Waals surface area contributed by atoms with Crippen LogP contribution in [0.1, 0.15) is 63.9 Å². The predicted molar refractivity (Wildman–Crippen MR) is 204 cm³/mol. The maximum Gasteiger partial charge on any atom is 0.326 e. The van der Waals surface area contributed by atoms with Gasteiger partial charge < -0.3 is 24.1 Å². The van der Waals surface area contributed by atoms with Crippen LogP contribution >= 0.6 is 0 Å². The average Bonchev–Trinajstić information content (AvgIpc) is 3.72. The number of hydrogen-bond acceptors (Lipinski definition) is 7. The number of carbonyl (C=O) groups is 1. The lowest BCUT2D eigenvalue weighted by atomic mass is 10.1. The molecule has 2 aromatic carbocycles. The molecule has 5 rings (SSSR count). The van der Waals surface area contributed by atoms with Gasteiger partial charge in [0.15, 0.2) is 14.1 Å². The molecule has 4 aromatic rings. The summed E-state index contributed by atoms with van der Waals surface area (Å²) in [6.45, 7) is 19.5. The van der Waals surface area contributed by atoms with Crippen molar-refractivity contribution in [1.82, 2.24) is 19.7 Å². The standard InChI is InChI=1S/C39H54N6O4Si/c1-11-50(12-2,39(6,7)8)49-29(5)25-33-35(24-28(4)40-37(33)41-34-18-17-32(48-10)23-27(34)3)45-20-19-36(42-45)44-22-21-43(38(44)46)26-30-13-15-31(47-9)16-14-30/h13-20,23-24,29H,11-12,21-22,25-26H2,1-10H3,(H,40,41). The molecule has 0 radical (unpaired) electrons. The molecule has 0 spiro atoms. The zero-order valence-corrected chi connectivity index (χ0v) is 32.5. The number of benzene rings is 2. The minimum Gasteiger partial charge on any atom is -0.497 e. The van der Waals surface area contributed by atoms with E-state index in [-0.39, 0.29) is 17.2 Å². The van der Waals surface area contributed by atoms with E-state index >= 15 is 0 Å². The fourth-order valence-electron chi connectivity index (χ4n) is 7.08. The van der Waals surface area contributed by atoms with Crippen LogP contribution in [0.2, 0.25) is 17.1 Å². The number of methoxy groups -OCH3 is 2. The molecule has 0 bridgehead atoms. The number of anilines is 3. The first kappa shape index (κ1) is 36.9. The highest BCUT2D eigenvalue weighted by molar-refractivity contribution is 6.76. The third-order valence-corrected chi connectivity index (χ3v) is 15.9. The number of aromatic nitrogens is 3. The van der Waals surface area contributed by atoms with Crippen molar-refractivity contribution in [3.8, 4) is 17.2 Å². The number of ether oxygens (including phenoxy) is 2. The fraction of sp³-hybridized carbons (Fsp3) is 0.462. The molecule has 50 heavy (non-hydrogen) atoms. The number of nitrogens with zero attached hydrogens (tertiary/aromatic N) is 5. The van der Waals surface area contributed by atoms with Crippen molar-refractivity contribution in [3.63, 3.8) is 0 Å². The summed E-state index contributed by atoms with van der Waals surface area (Å²) < 4.78 is 19.8. The van der Waals surface area contributed by atoms with Gasteiger partial charge in [-0.15, -0.1) is 5.10 Å². The smallest absolute Gasteiger partial charge is 0.326 e. The van der Waals surface area contributed by atoms with Crippen molar-refractivity contribution in [3.05, 3.63) is 83.2 Å². The van der Waals surface area contributed by atoms with Gasteiger partial charge in [0.1, 0.15) is 17.3 Å². The molecule has 3 heterocycles. The second-order valence-corrected chi connectivity index (χ2v) is 19.5. The Hall–Kier alpha value is -4.35. The Kier molecular flexibility index (Phi) is 11.3. The summed E-state index contributed by atoms with van der Waals surface area (Å²) in [5, 5.41) is 8.74. The molecule has 10 nitrogen and oxygen atoms in total. The Morgan fingerprint density at radius 3 is 2.24 bits per heavy atom. The van der Waals surface area contributed by atoms with Gasteiger partial charge in [-0.1, -0.05) is 46.8 Å². The fourth-order valence-corrected chi connectivity index (χ4v) is 11.2. The Balaban J connectivity index is 1.48. The largest absolute Gasteiger partial charge is 0.497 e. The van der Waals surface area contributed by atoms with Crippen LogP contribution in [0.5, 0.6) is 11.5 Å². The van der Waals surface area contributed by atoms with Crippen molar-refractivity contribution in [2.75, 3.05) is 37.5 Å². The topological polar surface area (TPSA) is 94.0 Å². The lowest BCUT2D eigenvalue weighted by Gasteiger charge is -2.43. The van der Waals surface area contributed by atoms with Gasteiger partial charge in [-0.2, -0.15) is 0 Å². The number of hydrogen-bond donors (Lipinski definition) is 1. The van der Waals surface area contributed by atoms with E-state index in [0.717, 1.165) is 63.2 Å². The summed E-state index contributed by atoms with van der Waals surface area (Å²) in [6.07, 6.45) is 2.52. The van der Waals surface area contributed by atoms with E-state index in [1.807, 2.05) is 71.2 Å². The Morgan fingerprint density at radius 2 is 1.62 bits per heavy atom. The minimum atomic E-state index is -2.07. The van der Waals surface area contributed by atoms with E-state index in [1.165, 1.54) is 0 Å². The van der Waals surface area contributed by atoms with Crippen molar-refractivity contribution in [2.24, 2.45) is 0 Å². The van der Waals surface area contributed by atoms with Crippen LogP contribution in [0.3, 0.4) is 0 Å². The van der Waals surface area contributed by atoms with Gasteiger partial charge in [0.05, 0.1) is 19.9 Å². The second kappa shape index (κ2) is 15.3. The summed E-state index contributed by atoms with van der Waals surface area (Å²) in [4.78, 5) is 22.2. The molecule has 1 aliphatic rings. The summed E-state index contributed by atoms with van der Waals surface area (Å²) in [7, 11) is 1.25. The molecule has 268 valence electrons. The van der Waals surface area contributed by atoms with Crippen LogP contribution in [-0.4, -0.2) is 67.4 Å². The molecule has 2 amide bonds. The molecule has 1 aliphatic heterocycles. The number of rotatable bonds is 14. The highest BCUT2D eigenvalue weighted by Crippen LogP contribution is 2.43. The summed E-state index contributed by atoms with van der Waals surface area (Å²) in [6, 6.07) is 19.9. The van der Waals surface area contributed by atoms with Crippen molar-refractivity contribution < 1.29 is 18.7 Å². The van der Waals surface area contributed by atoms with Crippen molar-refractivity contribution >= 4 is 31.7 Å². The van der Waals surface area contributed by atoms with E-state index in [0.29, 0.717) is 31.9 Å². The monoisotopic (exact) mass is 698 g/mol. The van der Waals surface area contributed by atoms with E-state index in [4.69, 9.17) is 24.0 Å². The molecular weight excluding hydrogens is 645 g/mol. The Bertz CT molecular complexity index is 1780. The maximum absolute atomic E-state index is 13.6. The van der Waals surface area contributed by atoms with Crippen molar-refractivity contribution in [2.45, 2.75) is 91.6 Å². The normalized spacial score (nSPS) is 14.3. The zero-order chi connectivity index (χ0) is 36.2. The van der Waals surface area contributed by atoms with Gasteiger partial charge in [0.2, 0.25) is 0 Å². The number of pyridine rings is 1. The van der Waals surface area contributed by atoms with E-state index in [9.17, 15) is 4.79 Å². The van der Waals surface area contributed by atoms with Crippen LogP contribution in [-0.2, 0) is 17.4 Å². The SMILES string of the molecule is CC[Si](CC)(OC(C)Cc1c(-n2ccc(N3CCN(Cc4ccc(OC)cc4)C3=O)n2)cc(C)nc1Nc1ccc(OC)cc1C)C(C)(C)C. The highest BCUT2D eigenvalue weighted by Gasteiger charge is 2.44. The van der Waals surface area contributed by atoms with Crippen LogP contribution in [0.4, 0.5) is 22.1 Å². The molecule has 1 atom stereocenters. The number of urea groups is 1. The first-order valence-electron chi connectivity index (χ1n) is 17.7. The van der Waals surface area contributed by atoms with E-state index < -0.39 is 8.32 Å². The lowest BCUT2D eigenvalue weighted by Crippen LogP contribution is -2.48. The van der Waals surface area contributed by atoms with Crippen LogP contribution in [0.15, 0.2) is 60.8 Å². The predicted octanol–water partition coefficient (Wildman–Crippen LogP) is 8.82. The molecule has 1 unspecified atom stereocenters. The average molecular weight is 699 g/mol. The molecular formula is C39H54N6O4Si. The van der Waals surface area contributed by atoms with Gasteiger partial charge in [-0.3, -0.25) is 4.90 Å². The van der Waals surface area contributed by atoms with Gasteiger partial charge in [0.25, 0.3) is 0 Å². The quantitative estimate of drug-likeness (QED) is 0.132. The van der Waals surface area contributed by atoms with Crippen LogP contribution in [0.25, 0.3) is 5.69 Å². The maximum atomic E-state index is 13.6. The number of aryl methyl sites for hydroxylation is 2. The number of carbonyl (C=O) groups excluding carboxylic acids is 1. The summed E-state index contributed by atoms with van der Waals surface area (Å²) >= 11 is 0. The van der Waals surface area contributed by atoms with Gasteiger partial charge in [-0.25, -0.2) is 14.5 Å². The van der Waals surface area contributed by atoms with Crippen LogP contribution in [0, 0.1) is 13.8 Å². The molecule has 0 saturated carbocycles. The third-order valence-electron chi connectivity index (χ3n) is 10.1. The Morgan fingerprint density at radius 1 is 0.940 bits per heavy atom. The third kappa shape index (κ3) is 7.84. The first-order valence-corrected chi connectivity index (χ1v) is 20.0. The van der Waals surface area contributed by atoms with Crippen LogP contribution < -0.4 is 19.7 Å². The molecule has 2 aromatic heterocycles. The zero-order valence-electron chi connectivity index (χ0n) is 31.5. The minimum absolute atomic E-state index is 0.0525. The first-order chi connectivity index (χ1) is 23.8. The highest BCUT2D eigenvalue weighted by atomic mass is 28.4. The Labute approximate surface area is 298 Å². The molecule has 1 N–H and O–H groups in total. The number of amides is 2. The number of nitrogens with one attached hydrogen (secondary N) is 1. The van der Waals surface area contributed by atoms with E-state index in [1.54, 1.807) is 19.1 Å². The summed E-state index contributed by atoms with van der Waals surface area (Å²) in [5.41, 5.74) is 5.82. The molecule has 1 saturated heterocycles. The molecule has 1 fully saturated rings. The lowest BCUT2D eigenvalue weighted by molar-refractivity contribution is 0.193. The second-order valence-electron chi connectivity index (χ2n) is 14.3. The molecule has 0 aliphatic carbocycles. The van der Waals surface area contributed by atoms with Crippen molar-refractivity contribution in [1.29, 1.82) is 0 Å². The van der Waals surface area contributed by atoms with Gasteiger partial charge in [0, 0.05) is 61.4 Å². The molecule has 11 heteroatoms. The van der Waals surface area contributed by atoms with Gasteiger partial charge in [-0.05, 0) is 85.4 Å².